The van der Waals surface area contributed by atoms with Crippen LogP contribution < -0.4 is 10.6 Å². The molecule has 0 unspecified atom stereocenters. The Balaban J connectivity index is 1.95. The van der Waals surface area contributed by atoms with E-state index in [0.29, 0.717) is 18.3 Å². The molecule has 0 saturated heterocycles. The van der Waals surface area contributed by atoms with Gasteiger partial charge >= 0.3 is 0 Å². The summed E-state index contributed by atoms with van der Waals surface area (Å²) in [5.74, 6) is 1.29. The van der Waals surface area contributed by atoms with Gasteiger partial charge in [0.15, 0.2) is 17.0 Å². The molecule has 0 aromatic carbocycles. The van der Waals surface area contributed by atoms with Gasteiger partial charge in [-0.1, -0.05) is 26.8 Å². The fourth-order valence-electron chi connectivity index (χ4n) is 3.23. The van der Waals surface area contributed by atoms with Crippen molar-refractivity contribution in [3.05, 3.63) is 36.4 Å². The smallest absolute Gasteiger partial charge is 0.227 e. The van der Waals surface area contributed by atoms with E-state index in [1.54, 1.807) is 12.5 Å². The number of nitrogens with zero attached hydrogens (tertiary/aromatic N) is 5. The number of hydrogen-bond acceptors (Lipinski definition) is 7. The Labute approximate surface area is 171 Å². The van der Waals surface area contributed by atoms with Crippen molar-refractivity contribution >= 4 is 22.9 Å². The second kappa shape index (κ2) is 9.17. The number of rotatable bonds is 9. The fourth-order valence-corrected chi connectivity index (χ4v) is 3.23. The molecule has 0 saturated carbocycles. The molecule has 0 bridgehead atoms. The van der Waals surface area contributed by atoms with Gasteiger partial charge in [-0.2, -0.15) is 9.97 Å². The van der Waals surface area contributed by atoms with Gasteiger partial charge < -0.3 is 20.3 Å². The van der Waals surface area contributed by atoms with Crippen molar-refractivity contribution in [1.29, 1.82) is 0 Å². The predicted octanol–water partition coefficient (Wildman–Crippen LogP) is 3.62. The molecule has 8 heteroatoms. The van der Waals surface area contributed by atoms with Crippen LogP contribution in [-0.2, 0) is 6.54 Å². The number of pyridine rings is 1. The van der Waals surface area contributed by atoms with Crippen LogP contribution in [0.25, 0.3) is 11.2 Å². The molecule has 2 atom stereocenters. The maximum absolute atomic E-state index is 10.5. The van der Waals surface area contributed by atoms with Crippen molar-refractivity contribution in [2.24, 2.45) is 5.92 Å². The summed E-state index contributed by atoms with van der Waals surface area (Å²) in [6.07, 6.45) is 5.65. The van der Waals surface area contributed by atoms with Gasteiger partial charge in [-0.25, -0.2) is 4.98 Å². The molecule has 0 radical (unpaired) electrons. The van der Waals surface area contributed by atoms with Crippen LogP contribution in [0.1, 0.15) is 52.6 Å². The number of aromatic nitrogens is 5. The van der Waals surface area contributed by atoms with Crippen LogP contribution in [0.5, 0.6) is 0 Å². The van der Waals surface area contributed by atoms with E-state index in [0.717, 1.165) is 23.1 Å². The van der Waals surface area contributed by atoms with E-state index < -0.39 is 6.10 Å². The highest BCUT2D eigenvalue weighted by atomic mass is 16.3. The van der Waals surface area contributed by atoms with Crippen molar-refractivity contribution in [1.82, 2.24) is 24.5 Å². The molecule has 0 aliphatic heterocycles. The van der Waals surface area contributed by atoms with E-state index in [1.807, 2.05) is 43.7 Å². The quantitative estimate of drug-likeness (QED) is 0.507. The van der Waals surface area contributed by atoms with E-state index in [9.17, 15) is 5.11 Å². The minimum Gasteiger partial charge on any atom is -0.391 e. The Morgan fingerprint density at radius 2 is 1.97 bits per heavy atom. The Hall–Kier alpha value is -2.74. The second-order valence-corrected chi connectivity index (χ2v) is 7.92. The first kappa shape index (κ1) is 21.0. The first-order chi connectivity index (χ1) is 13.9. The standard InChI is InChI=1S/C21H31N7O/c1-6-16(18(29)13(2)3)25-21-26-19(23-11-15-8-7-9-22-10-15)17-20(27-21)28(12-24-17)14(4)5/h7-10,12-14,16,18,29H,6,11H2,1-5H3,(H2,23,25,26,27)/t16-,18+/m1/s1. The van der Waals surface area contributed by atoms with Gasteiger partial charge in [-0.3, -0.25) is 4.98 Å². The Morgan fingerprint density at radius 1 is 1.17 bits per heavy atom. The van der Waals surface area contributed by atoms with Crippen molar-refractivity contribution < 1.29 is 5.11 Å². The van der Waals surface area contributed by atoms with Crippen LogP contribution in [0, 0.1) is 5.92 Å². The van der Waals surface area contributed by atoms with Gasteiger partial charge in [0.25, 0.3) is 0 Å². The molecule has 3 N–H and O–H groups in total. The van der Waals surface area contributed by atoms with Crippen LogP contribution >= 0.6 is 0 Å². The van der Waals surface area contributed by atoms with Crippen molar-refractivity contribution in [3.8, 4) is 0 Å². The van der Waals surface area contributed by atoms with Gasteiger partial charge in [0.2, 0.25) is 5.95 Å². The van der Waals surface area contributed by atoms with Crippen molar-refractivity contribution in [2.75, 3.05) is 10.6 Å². The molecule has 0 aliphatic carbocycles. The lowest BCUT2D eigenvalue weighted by molar-refractivity contribution is 0.103. The predicted molar refractivity (Wildman–Crippen MR) is 116 cm³/mol. The summed E-state index contributed by atoms with van der Waals surface area (Å²) in [6.45, 7) is 10.8. The van der Waals surface area contributed by atoms with Gasteiger partial charge in [0.1, 0.15) is 0 Å². The van der Waals surface area contributed by atoms with Gasteiger partial charge in [0, 0.05) is 25.0 Å². The molecule has 156 valence electrons. The maximum atomic E-state index is 10.5. The SMILES string of the molecule is CC[C@@H](Nc1nc(NCc2cccnc2)c2ncn(C(C)C)c2n1)[C@@H](O)C(C)C. The Morgan fingerprint density at radius 3 is 2.59 bits per heavy atom. The van der Waals surface area contributed by atoms with Crippen molar-refractivity contribution in [3.63, 3.8) is 0 Å². The normalized spacial score (nSPS) is 13.8. The zero-order valence-corrected chi connectivity index (χ0v) is 17.8. The molecule has 0 amide bonds. The summed E-state index contributed by atoms with van der Waals surface area (Å²) in [6, 6.07) is 4.01. The summed E-state index contributed by atoms with van der Waals surface area (Å²) in [7, 11) is 0. The number of nitrogens with one attached hydrogen (secondary N) is 2. The molecule has 0 spiro atoms. The van der Waals surface area contributed by atoms with Crippen LogP contribution in [0.15, 0.2) is 30.9 Å². The minimum atomic E-state index is -0.485. The molecular weight excluding hydrogens is 366 g/mol. The highest BCUT2D eigenvalue weighted by Gasteiger charge is 2.23. The lowest BCUT2D eigenvalue weighted by atomic mass is 9.98. The molecular formula is C21H31N7O. The van der Waals surface area contributed by atoms with E-state index in [1.165, 1.54) is 0 Å². The van der Waals surface area contributed by atoms with Gasteiger partial charge in [0.05, 0.1) is 18.5 Å². The molecule has 0 fully saturated rings. The van der Waals surface area contributed by atoms with Crippen LogP contribution in [0.3, 0.4) is 0 Å². The molecule has 0 aliphatic rings. The van der Waals surface area contributed by atoms with E-state index in [4.69, 9.17) is 4.98 Å². The third kappa shape index (κ3) is 4.82. The molecule has 3 heterocycles. The summed E-state index contributed by atoms with van der Waals surface area (Å²) < 4.78 is 2.03. The molecule has 29 heavy (non-hydrogen) atoms. The van der Waals surface area contributed by atoms with Crippen LogP contribution in [0.2, 0.25) is 0 Å². The Bertz CT molecular complexity index is 923. The number of hydrogen-bond donors (Lipinski definition) is 3. The zero-order chi connectivity index (χ0) is 21.0. The van der Waals surface area contributed by atoms with Gasteiger partial charge in [-0.05, 0) is 37.8 Å². The zero-order valence-electron chi connectivity index (χ0n) is 17.8. The Kier molecular flexibility index (Phi) is 6.64. The minimum absolute atomic E-state index is 0.131. The van der Waals surface area contributed by atoms with Crippen molar-refractivity contribution in [2.45, 2.75) is 65.8 Å². The summed E-state index contributed by atoms with van der Waals surface area (Å²) >= 11 is 0. The topological polar surface area (TPSA) is 101 Å². The first-order valence-corrected chi connectivity index (χ1v) is 10.2. The largest absolute Gasteiger partial charge is 0.391 e. The van der Waals surface area contributed by atoms with Gasteiger partial charge in [-0.15, -0.1) is 0 Å². The monoisotopic (exact) mass is 397 g/mol. The molecule has 3 rings (SSSR count). The lowest BCUT2D eigenvalue weighted by Gasteiger charge is -2.26. The highest BCUT2D eigenvalue weighted by Crippen LogP contribution is 2.25. The van der Waals surface area contributed by atoms with E-state index >= 15 is 0 Å². The van der Waals surface area contributed by atoms with E-state index in [-0.39, 0.29) is 18.0 Å². The number of aliphatic hydroxyl groups excluding tert-OH is 1. The molecule has 3 aromatic heterocycles. The highest BCUT2D eigenvalue weighted by molar-refractivity contribution is 5.84. The second-order valence-electron chi connectivity index (χ2n) is 7.92. The van der Waals surface area contributed by atoms with Crippen LogP contribution in [-0.4, -0.2) is 41.8 Å². The number of anilines is 2. The molecule has 8 nitrogen and oxygen atoms in total. The number of aliphatic hydroxyl groups is 1. The first-order valence-electron chi connectivity index (χ1n) is 10.2. The third-order valence-electron chi connectivity index (χ3n) is 5.01. The average molecular weight is 398 g/mol. The average Bonchev–Trinajstić information content (AvgIpc) is 3.14. The summed E-state index contributed by atoms with van der Waals surface area (Å²) in [5.41, 5.74) is 2.55. The summed E-state index contributed by atoms with van der Waals surface area (Å²) in [4.78, 5) is 18.1. The van der Waals surface area contributed by atoms with Crippen LogP contribution in [0.4, 0.5) is 11.8 Å². The fraction of sp³-hybridized carbons (Fsp3) is 0.524. The maximum Gasteiger partial charge on any atom is 0.227 e. The summed E-state index contributed by atoms with van der Waals surface area (Å²) in [5, 5.41) is 17.2. The number of fused-ring (bicyclic) bond motifs is 1. The lowest BCUT2D eigenvalue weighted by Crippen LogP contribution is -2.37. The molecule has 3 aromatic rings. The third-order valence-corrected chi connectivity index (χ3v) is 5.01. The van der Waals surface area contributed by atoms with E-state index in [2.05, 4.69) is 39.4 Å². The number of imidazole rings is 1.